The molecule has 0 spiro atoms. The van der Waals surface area contributed by atoms with Crippen LogP contribution < -0.4 is 11.1 Å². The zero-order chi connectivity index (χ0) is 13.0. The lowest BCUT2D eigenvalue weighted by atomic mass is 10.1. The largest absolute Gasteiger partial charge is 0.396 e. The van der Waals surface area contributed by atoms with Crippen LogP contribution in [0.1, 0.15) is 16.7 Å². The smallest absolute Gasteiger partial charge is 0.149 e. The molecule has 0 fully saturated rings. The van der Waals surface area contributed by atoms with E-state index < -0.39 is 0 Å². The normalized spacial score (nSPS) is 10.3. The molecule has 94 valence electrons. The molecule has 18 heavy (non-hydrogen) atoms. The average molecular weight is 241 g/mol. The van der Waals surface area contributed by atoms with Crippen LogP contribution in [0, 0.1) is 13.8 Å². The molecule has 3 heteroatoms. The number of hydrogen-bond acceptors (Lipinski definition) is 3. The van der Waals surface area contributed by atoms with Crippen LogP contribution in [0.25, 0.3) is 0 Å². The highest BCUT2D eigenvalue weighted by Crippen LogP contribution is 2.18. The number of nitrogens with zero attached hydrogens (tertiary/aromatic N) is 1. The molecule has 0 amide bonds. The lowest BCUT2D eigenvalue weighted by molar-refractivity contribution is 0.994. The first-order valence-electron chi connectivity index (χ1n) is 6.18. The van der Waals surface area contributed by atoms with Crippen LogP contribution >= 0.6 is 0 Å². The molecule has 0 saturated heterocycles. The van der Waals surface area contributed by atoms with E-state index in [1.54, 1.807) is 6.20 Å². The Bertz CT molecular complexity index is 535. The third-order valence-corrected chi connectivity index (χ3v) is 3.16. The summed E-state index contributed by atoms with van der Waals surface area (Å²) in [4.78, 5) is 4.26. The van der Waals surface area contributed by atoms with Crippen molar-refractivity contribution in [2.45, 2.75) is 20.3 Å². The second-order valence-corrected chi connectivity index (χ2v) is 4.49. The molecular formula is C15H19N3. The highest BCUT2D eigenvalue weighted by atomic mass is 15.0. The predicted molar refractivity (Wildman–Crippen MR) is 76.8 cm³/mol. The predicted octanol–water partition coefficient (Wildman–Crippen LogP) is 2.94. The van der Waals surface area contributed by atoms with Crippen molar-refractivity contribution < 1.29 is 0 Å². The highest BCUT2D eigenvalue weighted by molar-refractivity contribution is 5.64. The average Bonchev–Trinajstić information content (AvgIpc) is 2.37. The van der Waals surface area contributed by atoms with E-state index in [0.29, 0.717) is 0 Å². The van der Waals surface area contributed by atoms with Crippen LogP contribution in [0.4, 0.5) is 11.5 Å². The molecule has 0 aliphatic rings. The molecule has 2 aromatic rings. The number of hydrogen-bond donors (Lipinski definition) is 2. The number of anilines is 2. The number of pyridine rings is 1. The standard InChI is InChI=1S/C15H19N3/c1-11-5-3-4-6-13(11)8-10-18-15-14(16)12(2)7-9-17-15/h3-7,9H,8,10,16H2,1-2H3,(H,17,18). The van der Waals surface area contributed by atoms with E-state index in [0.717, 1.165) is 30.0 Å². The maximum atomic E-state index is 5.97. The Hall–Kier alpha value is -2.03. The summed E-state index contributed by atoms with van der Waals surface area (Å²) in [6.07, 6.45) is 2.75. The van der Waals surface area contributed by atoms with Gasteiger partial charge in [-0.25, -0.2) is 4.98 Å². The molecule has 3 nitrogen and oxygen atoms in total. The van der Waals surface area contributed by atoms with Gasteiger partial charge in [0.05, 0.1) is 5.69 Å². The van der Waals surface area contributed by atoms with Gasteiger partial charge in [-0.15, -0.1) is 0 Å². The SMILES string of the molecule is Cc1ccccc1CCNc1nccc(C)c1N. The zero-order valence-corrected chi connectivity index (χ0v) is 10.9. The minimum atomic E-state index is 0.738. The van der Waals surface area contributed by atoms with Crippen LogP contribution in [-0.2, 0) is 6.42 Å². The second-order valence-electron chi connectivity index (χ2n) is 4.49. The molecule has 1 aromatic carbocycles. The van der Waals surface area contributed by atoms with Crippen LogP contribution in [-0.4, -0.2) is 11.5 Å². The van der Waals surface area contributed by atoms with E-state index in [9.17, 15) is 0 Å². The number of rotatable bonds is 4. The summed E-state index contributed by atoms with van der Waals surface area (Å²) in [5.74, 6) is 0.781. The van der Waals surface area contributed by atoms with E-state index in [1.807, 2.05) is 13.0 Å². The fourth-order valence-electron chi connectivity index (χ4n) is 1.92. The molecule has 0 bridgehead atoms. The lowest BCUT2D eigenvalue weighted by Gasteiger charge is -2.10. The molecule has 2 rings (SSSR count). The number of benzene rings is 1. The molecular weight excluding hydrogens is 222 g/mol. The third-order valence-electron chi connectivity index (χ3n) is 3.16. The van der Waals surface area contributed by atoms with Gasteiger partial charge < -0.3 is 11.1 Å². The van der Waals surface area contributed by atoms with Crippen molar-refractivity contribution in [1.82, 2.24) is 4.98 Å². The number of aryl methyl sites for hydroxylation is 2. The first kappa shape index (κ1) is 12.4. The van der Waals surface area contributed by atoms with Crippen molar-refractivity contribution in [3.8, 4) is 0 Å². The first-order chi connectivity index (χ1) is 8.68. The molecule has 1 heterocycles. The monoisotopic (exact) mass is 241 g/mol. The minimum Gasteiger partial charge on any atom is -0.396 e. The van der Waals surface area contributed by atoms with E-state index in [4.69, 9.17) is 5.73 Å². The van der Waals surface area contributed by atoms with Gasteiger partial charge in [0.1, 0.15) is 5.82 Å². The van der Waals surface area contributed by atoms with E-state index in [1.165, 1.54) is 11.1 Å². The molecule has 0 atom stereocenters. The summed E-state index contributed by atoms with van der Waals surface area (Å²) in [5, 5.41) is 3.29. The van der Waals surface area contributed by atoms with Crippen molar-refractivity contribution in [3.63, 3.8) is 0 Å². The Morgan fingerprint density at radius 2 is 1.89 bits per heavy atom. The molecule has 0 aliphatic heterocycles. The van der Waals surface area contributed by atoms with Gasteiger partial charge in [0.25, 0.3) is 0 Å². The van der Waals surface area contributed by atoms with Crippen LogP contribution in [0.15, 0.2) is 36.5 Å². The van der Waals surface area contributed by atoms with Gasteiger partial charge in [0.15, 0.2) is 0 Å². The van der Waals surface area contributed by atoms with Gasteiger partial charge in [-0.2, -0.15) is 0 Å². The number of nitrogens with two attached hydrogens (primary N) is 1. The van der Waals surface area contributed by atoms with Gasteiger partial charge in [-0.3, -0.25) is 0 Å². The molecule has 0 unspecified atom stereocenters. The summed E-state index contributed by atoms with van der Waals surface area (Å²) in [6.45, 7) is 4.96. The molecule has 0 saturated carbocycles. The summed E-state index contributed by atoms with van der Waals surface area (Å²) in [6, 6.07) is 10.3. The van der Waals surface area contributed by atoms with Crippen molar-refractivity contribution in [2.24, 2.45) is 0 Å². The second kappa shape index (κ2) is 5.54. The molecule has 3 N–H and O–H groups in total. The summed E-state index contributed by atoms with van der Waals surface area (Å²) >= 11 is 0. The van der Waals surface area contributed by atoms with E-state index in [2.05, 4.69) is 41.5 Å². The Balaban J connectivity index is 1.97. The van der Waals surface area contributed by atoms with Gasteiger partial charge >= 0.3 is 0 Å². The van der Waals surface area contributed by atoms with Crippen LogP contribution in [0.2, 0.25) is 0 Å². The molecule has 1 aromatic heterocycles. The zero-order valence-electron chi connectivity index (χ0n) is 10.9. The van der Waals surface area contributed by atoms with Gasteiger partial charge in [-0.05, 0) is 43.0 Å². The van der Waals surface area contributed by atoms with Crippen LogP contribution in [0.5, 0.6) is 0 Å². The van der Waals surface area contributed by atoms with Crippen LogP contribution in [0.3, 0.4) is 0 Å². The highest BCUT2D eigenvalue weighted by Gasteiger charge is 2.02. The number of aromatic nitrogens is 1. The summed E-state index contributed by atoms with van der Waals surface area (Å²) < 4.78 is 0. The Kier molecular flexibility index (Phi) is 3.82. The maximum absolute atomic E-state index is 5.97. The van der Waals surface area contributed by atoms with Crippen molar-refractivity contribution >= 4 is 11.5 Å². The number of nitrogens with one attached hydrogen (secondary N) is 1. The van der Waals surface area contributed by atoms with E-state index >= 15 is 0 Å². The first-order valence-corrected chi connectivity index (χ1v) is 6.18. The Labute approximate surface area is 108 Å². The Morgan fingerprint density at radius 3 is 2.67 bits per heavy atom. The third kappa shape index (κ3) is 2.80. The van der Waals surface area contributed by atoms with E-state index in [-0.39, 0.29) is 0 Å². The van der Waals surface area contributed by atoms with Crippen molar-refractivity contribution in [3.05, 3.63) is 53.2 Å². The fourth-order valence-corrected chi connectivity index (χ4v) is 1.92. The minimum absolute atomic E-state index is 0.738. The number of nitrogen functional groups attached to an aromatic ring is 1. The molecule has 0 radical (unpaired) electrons. The van der Waals surface area contributed by atoms with Gasteiger partial charge in [-0.1, -0.05) is 24.3 Å². The van der Waals surface area contributed by atoms with Gasteiger partial charge in [0, 0.05) is 12.7 Å². The van der Waals surface area contributed by atoms with Crippen molar-refractivity contribution in [2.75, 3.05) is 17.6 Å². The summed E-state index contributed by atoms with van der Waals surface area (Å²) in [5.41, 5.74) is 10.4. The summed E-state index contributed by atoms with van der Waals surface area (Å²) in [7, 11) is 0. The molecule has 0 aliphatic carbocycles. The quantitative estimate of drug-likeness (QED) is 0.865. The lowest BCUT2D eigenvalue weighted by Crippen LogP contribution is -2.09. The topological polar surface area (TPSA) is 50.9 Å². The van der Waals surface area contributed by atoms with Gasteiger partial charge in [0.2, 0.25) is 0 Å². The fraction of sp³-hybridized carbons (Fsp3) is 0.267. The van der Waals surface area contributed by atoms with Crippen molar-refractivity contribution in [1.29, 1.82) is 0 Å². The maximum Gasteiger partial charge on any atom is 0.149 e. The Morgan fingerprint density at radius 1 is 1.11 bits per heavy atom.